The van der Waals surface area contributed by atoms with Crippen molar-refractivity contribution in [3.05, 3.63) is 53.6 Å². The van der Waals surface area contributed by atoms with Gasteiger partial charge in [0.2, 0.25) is 11.9 Å². The van der Waals surface area contributed by atoms with E-state index in [-0.39, 0.29) is 29.2 Å². The number of likely N-dealkylation sites (tertiary alicyclic amines) is 1. The first-order chi connectivity index (χ1) is 25.0. The van der Waals surface area contributed by atoms with Gasteiger partial charge in [-0.05, 0) is 102 Å². The predicted molar refractivity (Wildman–Crippen MR) is 193 cm³/mol. The molecule has 0 radical (unpaired) electrons. The third-order valence-corrected chi connectivity index (χ3v) is 8.53. The van der Waals surface area contributed by atoms with Gasteiger partial charge in [-0.1, -0.05) is 12.1 Å². The van der Waals surface area contributed by atoms with Gasteiger partial charge in [0.25, 0.3) is 5.91 Å². The highest BCUT2D eigenvalue weighted by Gasteiger charge is 2.35. The summed E-state index contributed by atoms with van der Waals surface area (Å²) in [6.45, 7) is 9.61. The second-order valence-electron chi connectivity index (χ2n) is 13.7. The lowest BCUT2D eigenvalue weighted by atomic mass is 9.89. The van der Waals surface area contributed by atoms with Crippen LogP contribution in [0.5, 0.6) is 17.5 Å². The SMILES string of the molecule is CCOc1nc2nc(n1)Nc1ccc(C(=O)NC(C(=O)O)C3CCN(C(=O)OC(C)(C)C)CC3)c(c1)OCCCCCCOc1ccc(cc1)CN2. The van der Waals surface area contributed by atoms with Crippen LogP contribution < -0.4 is 30.2 Å². The fraction of sp³-hybridized carbons (Fsp3) is 0.514. The monoisotopic (exact) mass is 719 g/mol. The first kappa shape index (κ1) is 37.9. The number of carbonyl (C=O) groups is 3. The van der Waals surface area contributed by atoms with Gasteiger partial charge in [-0.2, -0.15) is 15.0 Å². The first-order valence-corrected chi connectivity index (χ1v) is 17.9. The molecule has 3 aliphatic heterocycles. The van der Waals surface area contributed by atoms with Crippen molar-refractivity contribution in [1.29, 1.82) is 0 Å². The van der Waals surface area contributed by atoms with E-state index in [1.165, 1.54) is 0 Å². The number of fused-ring (bicyclic) bond motifs is 10. The van der Waals surface area contributed by atoms with Gasteiger partial charge >= 0.3 is 18.1 Å². The Kier molecular flexibility index (Phi) is 12.9. The number of anilines is 3. The molecule has 0 saturated carbocycles. The normalized spacial score (nSPS) is 16.4. The first-order valence-electron chi connectivity index (χ1n) is 17.9. The van der Waals surface area contributed by atoms with Crippen LogP contribution in [0.1, 0.15) is 82.1 Å². The molecule has 1 atom stereocenters. The minimum atomic E-state index is -1.16. The Bertz CT molecular complexity index is 1670. The lowest BCUT2D eigenvalue weighted by molar-refractivity contribution is -0.141. The van der Waals surface area contributed by atoms with E-state index in [1.807, 2.05) is 31.2 Å². The number of amides is 2. The molecule has 0 spiro atoms. The van der Waals surface area contributed by atoms with Gasteiger partial charge in [0.15, 0.2) is 0 Å². The van der Waals surface area contributed by atoms with Gasteiger partial charge < -0.3 is 44.9 Å². The average molecular weight is 720 g/mol. The average Bonchev–Trinajstić information content (AvgIpc) is 3.10. The Morgan fingerprint density at radius 2 is 1.65 bits per heavy atom. The summed E-state index contributed by atoms with van der Waals surface area (Å²) >= 11 is 0. The van der Waals surface area contributed by atoms with E-state index in [4.69, 9.17) is 18.9 Å². The molecule has 1 aromatic heterocycles. The van der Waals surface area contributed by atoms with Crippen LogP contribution in [0.3, 0.4) is 0 Å². The van der Waals surface area contributed by atoms with E-state index in [9.17, 15) is 19.5 Å². The number of rotatable bonds is 6. The summed E-state index contributed by atoms with van der Waals surface area (Å²) in [5, 5.41) is 19.3. The standard InChI is InChI=1S/C37H49N7O8/c1-5-49-35-42-33-38-23-24-10-13-27(14-11-24)50-20-8-6-7-9-21-51-29-22-26(39-34(41-33)43-35)12-15-28(29)31(45)40-30(32(46)47)25-16-18-44(19-17-25)36(48)52-37(2,3)4/h10-15,22,25,30H,5-9,16-21,23H2,1-4H3,(H,40,45)(H,46,47)(H2,38,39,41,42,43). The van der Waals surface area contributed by atoms with Crippen LogP contribution in [-0.4, -0.2) is 87.5 Å². The van der Waals surface area contributed by atoms with Crippen molar-refractivity contribution in [2.45, 2.75) is 84.4 Å². The zero-order valence-corrected chi connectivity index (χ0v) is 30.3. The van der Waals surface area contributed by atoms with E-state index < -0.39 is 29.6 Å². The maximum Gasteiger partial charge on any atom is 0.410 e. The number of ether oxygens (including phenoxy) is 4. The summed E-state index contributed by atoms with van der Waals surface area (Å²) in [6, 6.07) is 11.7. The maximum atomic E-state index is 13.7. The fourth-order valence-electron chi connectivity index (χ4n) is 5.88. The number of carboxylic acids is 1. The zero-order valence-electron chi connectivity index (χ0n) is 30.3. The van der Waals surface area contributed by atoms with Crippen LogP contribution >= 0.6 is 0 Å². The molecule has 15 nitrogen and oxygen atoms in total. The van der Waals surface area contributed by atoms with Crippen molar-refractivity contribution in [2.75, 3.05) is 43.5 Å². The number of hydrogen-bond acceptors (Lipinski definition) is 12. The second kappa shape index (κ2) is 17.7. The summed E-state index contributed by atoms with van der Waals surface area (Å²) in [4.78, 5) is 53.6. The van der Waals surface area contributed by atoms with Gasteiger partial charge in [-0.15, -0.1) is 0 Å². The van der Waals surface area contributed by atoms with Gasteiger partial charge in [0.05, 0.1) is 25.4 Å². The molecule has 6 rings (SSSR count). The molecule has 1 fully saturated rings. The Labute approximate surface area is 303 Å². The topological polar surface area (TPSA) is 186 Å². The summed E-state index contributed by atoms with van der Waals surface area (Å²) in [5.41, 5.74) is 1.10. The molecule has 6 bridgehead atoms. The highest BCUT2D eigenvalue weighted by atomic mass is 16.6. The Hall–Kier alpha value is -5.34. The minimum Gasteiger partial charge on any atom is -0.494 e. The maximum absolute atomic E-state index is 13.7. The Balaban J connectivity index is 1.34. The molecule has 1 unspecified atom stereocenters. The van der Waals surface area contributed by atoms with Crippen molar-refractivity contribution in [3.8, 4) is 17.5 Å². The number of aliphatic carboxylic acids is 1. The minimum absolute atomic E-state index is 0.133. The molecule has 2 aromatic carbocycles. The van der Waals surface area contributed by atoms with E-state index in [0.717, 1.165) is 37.0 Å². The molecule has 4 heterocycles. The highest BCUT2D eigenvalue weighted by molar-refractivity contribution is 5.99. The summed E-state index contributed by atoms with van der Waals surface area (Å²) in [5.74, 6) is -0.528. The lowest BCUT2D eigenvalue weighted by Gasteiger charge is -2.35. The molecule has 2 amide bonds. The smallest absolute Gasteiger partial charge is 0.410 e. The lowest BCUT2D eigenvalue weighted by Crippen LogP contribution is -2.50. The van der Waals surface area contributed by atoms with E-state index in [1.54, 1.807) is 43.9 Å². The number of carbonyl (C=O) groups excluding carboxylic acids is 2. The Morgan fingerprint density at radius 3 is 2.33 bits per heavy atom. The molecule has 3 aromatic rings. The molecule has 3 aliphatic rings. The summed E-state index contributed by atoms with van der Waals surface area (Å²) < 4.78 is 23.2. The number of aromatic nitrogens is 3. The fourth-order valence-corrected chi connectivity index (χ4v) is 5.88. The van der Waals surface area contributed by atoms with Crippen LogP contribution in [0, 0.1) is 5.92 Å². The molecule has 15 heteroatoms. The van der Waals surface area contributed by atoms with Crippen LogP contribution in [0.15, 0.2) is 42.5 Å². The zero-order chi connectivity index (χ0) is 37.1. The third-order valence-electron chi connectivity index (χ3n) is 8.53. The number of nitrogens with one attached hydrogen (secondary N) is 3. The summed E-state index contributed by atoms with van der Waals surface area (Å²) in [6.07, 6.45) is 3.80. The molecule has 52 heavy (non-hydrogen) atoms. The molecular weight excluding hydrogens is 670 g/mol. The molecular formula is C37H49N7O8. The van der Waals surface area contributed by atoms with Crippen molar-refractivity contribution in [1.82, 2.24) is 25.2 Å². The molecule has 1 saturated heterocycles. The van der Waals surface area contributed by atoms with Crippen LogP contribution in [0.4, 0.5) is 22.4 Å². The Morgan fingerprint density at radius 1 is 0.962 bits per heavy atom. The van der Waals surface area contributed by atoms with E-state index in [0.29, 0.717) is 63.9 Å². The second-order valence-corrected chi connectivity index (χ2v) is 13.7. The van der Waals surface area contributed by atoms with Gasteiger partial charge in [-0.25, -0.2) is 9.59 Å². The molecule has 4 N–H and O–H groups in total. The number of hydrogen-bond donors (Lipinski definition) is 4. The van der Waals surface area contributed by atoms with Crippen molar-refractivity contribution < 1.29 is 38.4 Å². The van der Waals surface area contributed by atoms with Gasteiger partial charge in [0.1, 0.15) is 23.1 Å². The highest BCUT2D eigenvalue weighted by Crippen LogP contribution is 2.28. The van der Waals surface area contributed by atoms with E-state index >= 15 is 0 Å². The number of carboxylic acid groups (broad SMARTS) is 1. The number of benzene rings is 2. The van der Waals surface area contributed by atoms with Gasteiger partial charge in [0, 0.05) is 31.4 Å². The van der Waals surface area contributed by atoms with Crippen molar-refractivity contribution in [2.24, 2.45) is 5.92 Å². The quantitative estimate of drug-likeness (QED) is 0.240. The molecule has 280 valence electrons. The van der Waals surface area contributed by atoms with Crippen molar-refractivity contribution >= 4 is 35.6 Å². The summed E-state index contributed by atoms with van der Waals surface area (Å²) in [7, 11) is 0. The van der Waals surface area contributed by atoms with Crippen LogP contribution in [0.2, 0.25) is 0 Å². The van der Waals surface area contributed by atoms with Crippen LogP contribution in [-0.2, 0) is 16.1 Å². The number of piperidine rings is 1. The molecule has 0 aliphatic carbocycles. The third kappa shape index (κ3) is 11.1. The van der Waals surface area contributed by atoms with Crippen LogP contribution in [0.25, 0.3) is 0 Å². The van der Waals surface area contributed by atoms with E-state index in [2.05, 4.69) is 30.9 Å². The predicted octanol–water partition coefficient (Wildman–Crippen LogP) is 5.79. The largest absolute Gasteiger partial charge is 0.494 e. The van der Waals surface area contributed by atoms with Gasteiger partial charge in [-0.3, -0.25) is 4.79 Å². The van der Waals surface area contributed by atoms with Crippen molar-refractivity contribution in [3.63, 3.8) is 0 Å². The number of nitrogens with zero attached hydrogens (tertiary/aromatic N) is 4.